The van der Waals surface area contributed by atoms with Crippen molar-refractivity contribution >= 4 is 58.5 Å². The van der Waals surface area contributed by atoms with Crippen LogP contribution in [0, 0.1) is 12.8 Å². The molecule has 1 aliphatic heterocycles. The lowest BCUT2D eigenvalue weighted by Gasteiger charge is -2.30. The first-order chi connectivity index (χ1) is 14.7. The Kier molecular flexibility index (Phi) is 4.17. The summed E-state index contributed by atoms with van der Waals surface area (Å²) in [5.41, 5.74) is 9.45. The van der Waals surface area contributed by atoms with E-state index in [0.717, 1.165) is 23.1 Å². The summed E-state index contributed by atoms with van der Waals surface area (Å²) in [5, 5.41) is 0. The molecule has 6 rings (SSSR count). The third-order valence-corrected chi connectivity index (χ3v) is 8.98. The number of allylic oxidation sites excluding steroid dienone is 2. The van der Waals surface area contributed by atoms with E-state index in [2.05, 4.69) is 104 Å². The van der Waals surface area contributed by atoms with Gasteiger partial charge in [0.1, 0.15) is 9.25 Å². The number of para-hydroxylation sites is 2. The highest BCUT2D eigenvalue weighted by Gasteiger charge is 2.58. The van der Waals surface area contributed by atoms with Crippen molar-refractivity contribution in [3.8, 4) is 0 Å². The number of pyridine rings is 1. The highest BCUT2D eigenvalue weighted by atomic mass is 127. The maximum Gasteiger partial charge on any atom is 0.491 e. The van der Waals surface area contributed by atoms with Crippen LogP contribution in [0.15, 0.2) is 35.8 Å². The molecule has 2 aliphatic carbocycles. The summed E-state index contributed by atoms with van der Waals surface area (Å²) >= 11 is 2.38. The highest BCUT2D eigenvalue weighted by Crippen LogP contribution is 2.60. The number of imidazole rings is 1. The highest BCUT2D eigenvalue weighted by molar-refractivity contribution is 14.1. The number of fused-ring (bicyclic) bond motifs is 7. The number of nitrogens with zero attached hydrogens (tertiary/aromatic N) is 2. The molecule has 1 saturated heterocycles. The van der Waals surface area contributed by atoms with Gasteiger partial charge in [0.2, 0.25) is 0 Å². The number of alkyl halides is 1. The molecule has 2 unspecified atom stereocenters. The van der Waals surface area contributed by atoms with Crippen LogP contribution in [0.4, 0.5) is 0 Å². The minimum atomic E-state index is -0.357. The first-order valence-electron chi connectivity index (χ1n) is 11.1. The molecule has 0 bridgehead atoms. The van der Waals surface area contributed by atoms with E-state index in [1.165, 1.54) is 27.9 Å². The van der Waals surface area contributed by atoms with Gasteiger partial charge in [0.25, 0.3) is 0 Å². The van der Waals surface area contributed by atoms with Crippen molar-refractivity contribution in [1.82, 2.24) is 9.38 Å². The van der Waals surface area contributed by atoms with Gasteiger partial charge in [-0.1, -0.05) is 24.3 Å². The van der Waals surface area contributed by atoms with Crippen molar-refractivity contribution in [3.63, 3.8) is 0 Å². The first-order valence-corrected chi connectivity index (χ1v) is 12.1. The molecule has 4 nitrogen and oxygen atoms in total. The third kappa shape index (κ3) is 2.71. The molecule has 2 aromatic heterocycles. The molecule has 158 valence electrons. The maximum atomic E-state index is 6.44. The summed E-state index contributed by atoms with van der Waals surface area (Å²) < 4.78 is 14.8. The largest absolute Gasteiger partial charge is 0.491 e. The summed E-state index contributed by atoms with van der Waals surface area (Å²) in [6.45, 7) is 10.7. The maximum absolute atomic E-state index is 6.44. The molecule has 1 saturated carbocycles. The second-order valence-corrected chi connectivity index (χ2v) is 11.7. The molecular weight excluding hydrogens is 498 g/mol. The fraction of sp³-hybridized carbons (Fsp3) is 0.400. The molecule has 0 radical (unpaired) electrons. The fourth-order valence-corrected chi connectivity index (χ4v) is 5.69. The SMILES string of the molecule is C/C=C\c1c(C)c2c(c3nc4ccccc4n13)C=C(B1OC(C)(C)C(C)(I)O1)C1C[C@@H]21. The molecule has 31 heavy (non-hydrogen) atoms. The molecule has 0 N–H and O–H groups in total. The zero-order valence-corrected chi connectivity index (χ0v) is 20.7. The van der Waals surface area contributed by atoms with Gasteiger partial charge in [0.15, 0.2) is 0 Å². The fourth-order valence-electron chi connectivity index (χ4n) is 5.33. The van der Waals surface area contributed by atoms with Gasteiger partial charge < -0.3 is 9.31 Å². The topological polar surface area (TPSA) is 35.8 Å². The van der Waals surface area contributed by atoms with E-state index in [1.807, 2.05) is 0 Å². The van der Waals surface area contributed by atoms with E-state index in [4.69, 9.17) is 14.3 Å². The summed E-state index contributed by atoms with van der Waals surface area (Å²) in [7, 11) is -0.292. The Morgan fingerprint density at radius 2 is 1.97 bits per heavy atom. The van der Waals surface area contributed by atoms with E-state index in [9.17, 15) is 0 Å². The molecular formula is C25H26BIN2O2. The third-order valence-electron chi connectivity index (χ3n) is 7.42. The minimum absolute atomic E-state index is 0.292. The molecule has 6 heteroatoms. The number of halogens is 1. The van der Waals surface area contributed by atoms with Crippen molar-refractivity contribution in [3.05, 3.63) is 58.2 Å². The predicted octanol–water partition coefficient (Wildman–Crippen LogP) is 6.33. The van der Waals surface area contributed by atoms with Crippen molar-refractivity contribution in [2.24, 2.45) is 5.92 Å². The average molecular weight is 524 g/mol. The van der Waals surface area contributed by atoms with Crippen LogP contribution in [0.2, 0.25) is 0 Å². The Balaban J connectivity index is 1.62. The summed E-state index contributed by atoms with van der Waals surface area (Å²) in [4.78, 5) is 5.09. The predicted molar refractivity (Wildman–Crippen MR) is 135 cm³/mol. The van der Waals surface area contributed by atoms with Crippen LogP contribution >= 0.6 is 22.6 Å². The molecule has 2 fully saturated rings. The molecule has 1 aromatic carbocycles. The van der Waals surface area contributed by atoms with Gasteiger partial charge in [-0.2, -0.15) is 0 Å². The van der Waals surface area contributed by atoms with Crippen LogP contribution in [0.25, 0.3) is 28.8 Å². The van der Waals surface area contributed by atoms with Gasteiger partial charge >= 0.3 is 7.12 Å². The lowest BCUT2D eigenvalue weighted by atomic mass is 9.70. The number of rotatable bonds is 2. The second kappa shape index (κ2) is 6.45. The summed E-state index contributed by atoms with van der Waals surface area (Å²) in [6, 6.07) is 8.41. The number of hydrogen-bond acceptors (Lipinski definition) is 3. The number of hydrogen-bond donors (Lipinski definition) is 0. The van der Waals surface area contributed by atoms with Crippen LogP contribution in [0.5, 0.6) is 0 Å². The van der Waals surface area contributed by atoms with E-state index >= 15 is 0 Å². The van der Waals surface area contributed by atoms with E-state index in [-0.39, 0.29) is 16.3 Å². The monoisotopic (exact) mass is 524 g/mol. The quantitative estimate of drug-likeness (QED) is 0.223. The van der Waals surface area contributed by atoms with Crippen molar-refractivity contribution in [2.45, 2.75) is 56.2 Å². The Hall–Kier alpha value is -1.64. The summed E-state index contributed by atoms with van der Waals surface area (Å²) in [6.07, 6.45) is 7.84. The Morgan fingerprint density at radius 3 is 2.68 bits per heavy atom. The Bertz CT molecular complexity index is 1300. The van der Waals surface area contributed by atoms with Crippen LogP contribution in [0.1, 0.15) is 62.4 Å². The van der Waals surface area contributed by atoms with E-state index in [1.54, 1.807) is 0 Å². The van der Waals surface area contributed by atoms with Crippen LogP contribution < -0.4 is 0 Å². The van der Waals surface area contributed by atoms with Crippen LogP contribution in [-0.4, -0.2) is 25.7 Å². The second-order valence-electron chi connectivity index (χ2n) is 9.68. The van der Waals surface area contributed by atoms with Gasteiger partial charge in [0.05, 0.1) is 22.3 Å². The van der Waals surface area contributed by atoms with Crippen molar-refractivity contribution in [1.29, 1.82) is 0 Å². The zero-order chi connectivity index (χ0) is 21.7. The average Bonchev–Trinajstić information content (AvgIpc) is 3.36. The molecule has 3 aromatic rings. The molecule has 3 atom stereocenters. The van der Waals surface area contributed by atoms with Gasteiger partial charge in [-0.05, 0) is 110 Å². The van der Waals surface area contributed by atoms with Gasteiger partial charge in [-0.15, -0.1) is 0 Å². The minimum Gasteiger partial charge on any atom is -0.399 e. The van der Waals surface area contributed by atoms with E-state index in [0.29, 0.717) is 11.8 Å². The van der Waals surface area contributed by atoms with E-state index < -0.39 is 0 Å². The summed E-state index contributed by atoms with van der Waals surface area (Å²) in [5.74, 6) is 1.03. The number of benzene rings is 1. The first kappa shape index (κ1) is 20.0. The van der Waals surface area contributed by atoms with Crippen LogP contribution in [0.3, 0.4) is 0 Å². The van der Waals surface area contributed by atoms with Crippen molar-refractivity contribution < 1.29 is 9.31 Å². The Labute approximate surface area is 197 Å². The lowest BCUT2D eigenvalue weighted by Crippen LogP contribution is -2.38. The smallest absolute Gasteiger partial charge is 0.399 e. The normalized spacial score (nSPS) is 29.0. The van der Waals surface area contributed by atoms with Crippen LogP contribution in [-0.2, 0) is 9.31 Å². The van der Waals surface area contributed by atoms with Crippen molar-refractivity contribution in [2.75, 3.05) is 0 Å². The lowest BCUT2D eigenvalue weighted by molar-refractivity contribution is 0.0725. The zero-order valence-electron chi connectivity index (χ0n) is 18.6. The molecule has 3 heterocycles. The number of aromatic nitrogens is 2. The molecule has 3 aliphatic rings. The molecule has 0 spiro atoms. The standard InChI is InChI=1S/C25H26BIN2O2/c1-6-9-20-14(2)22-16-12-15(16)18(26-30-24(3,4)25(5,27)31-26)13-17(22)23-28-19-10-7-8-11-21(19)29(20)23/h6-11,13,15-16H,12H2,1-5H3/b9-6-/t15?,16-,25?/m1/s1. The van der Waals surface area contributed by atoms with Gasteiger partial charge in [0, 0.05) is 5.56 Å². The van der Waals surface area contributed by atoms with Gasteiger partial charge in [-0.3, -0.25) is 4.40 Å². The van der Waals surface area contributed by atoms with Gasteiger partial charge in [-0.25, -0.2) is 4.98 Å². The molecule has 0 amide bonds. The Morgan fingerprint density at radius 1 is 1.19 bits per heavy atom.